The summed E-state index contributed by atoms with van der Waals surface area (Å²) in [5, 5.41) is 0.940. The second-order valence-corrected chi connectivity index (χ2v) is 6.71. The molecular weight excluding hydrogens is 344 g/mol. The fraction of sp³-hybridized carbons (Fsp3) is 0.333. The third-order valence-corrected chi connectivity index (χ3v) is 5.02. The molecule has 0 saturated carbocycles. The van der Waals surface area contributed by atoms with E-state index in [0.717, 1.165) is 29.5 Å². The smallest absolute Gasteiger partial charge is 0.289 e. The van der Waals surface area contributed by atoms with Gasteiger partial charge in [-0.2, -0.15) is 0 Å². The van der Waals surface area contributed by atoms with Crippen LogP contribution in [0.4, 0.5) is 0 Å². The standard InChI is InChI=1S/C21H22N2O4/c1-14-18-4-3-17(25-2)13-19(18)27-20(14)21(24)23-11-7-16(8-12-23)26-15-5-9-22-10-6-15/h3-6,9-10,13,16H,7-8,11-12H2,1-2H3. The number of hydrogen-bond donors (Lipinski definition) is 0. The van der Waals surface area contributed by atoms with Gasteiger partial charge in [0.15, 0.2) is 5.76 Å². The van der Waals surface area contributed by atoms with Crippen molar-refractivity contribution in [1.29, 1.82) is 0 Å². The van der Waals surface area contributed by atoms with E-state index in [1.165, 1.54) is 0 Å². The second kappa shape index (κ2) is 7.31. The van der Waals surface area contributed by atoms with E-state index in [9.17, 15) is 4.79 Å². The van der Waals surface area contributed by atoms with E-state index in [1.54, 1.807) is 19.5 Å². The lowest BCUT2D eigenvalue weighted by Gasteiger charge is -2.31. The Balaban J connectivity index is 1.45. The Morgan fingerprint density at radius 2 is 1.89 bits per heavy atom. The number of aryl methyl sites for hydroxylation is 1. The Morgan fingerprint density at radius 1 is 1.15 bits per heavy atom. The van der Waals surface area contributed by atoms with Crippen molar-refractivity contribution in [2.24, 2.45) is 0 Å². The molecule has 2 aromatic heterocycles. The number of nitrogens with zero attached hydrogens (tertiary/aromatic N) is 2. The summed E-state index contributed by atoms with van der Waals surface area (Å²) >= 11 is 0. The Hall–Kier alpha value is -3.02. The molecule has 0 bridgehead atoms. The van der Waals surface area contributed by atoms with Crippen LogP contribution in [-0.4, -0.2) is 42.1 Å². The number of piperidine rings is 1. The lowest BCUT2D eigenvalue weighted by molar-refractivity contribution is 0.0568. The molecule has 1 saturated heterocycles. The van der Waals surface area contributed by atoms with Crippen LogP contribution < -0.4 is 9.47 Å². The second-order valence-electron chi connectivity index (χ2n) is 6.71. The molecule has 0 atom stereocenters. The molecule has 1 aliphatic rings. The minimum atomic E-state index is -0.0648. The Labute approximate surface area is 157 Å². The minimum Gasteiger partial charge on any atom is -0.497 e. The van der Waals surface area contributed by atoms with Gasteiger partial charge < -0.3 is 18.8 Å². The number of furan rings is 1. The number of rotatable bonds is 4. The third kappa shape index (κ3) is 3.47. The van der Waals surface area contributed by atoms with E-state index in [4.69, 9.17) is 13.9 Å². The van der Waals surface area contributed by atoms with Crippen LogP contribution in [-0.2, 0) is 0 Å². The molecule has 0 N–H and O–H groups in total. The Kier molecular flexibility index (Phi) is 4.71. The molecular formula is C21H22N2O4. The van der Waals surface area contributed by atoms with Gasteiger partial charge in [-0.1, -0.05) is 0 Å². The van der Waals surface area contributed by atoms with Crippen LogP contribution in [0.15, 0.2) is 47.1 Å². The molecule has 140 valence electrons. The highest BCUT2D eigenvalue weighted by molar-refractivity contribution is 5.99. The van der Waals surface area contributed by atoms with Crippen LogP contribution in [0, 0.1) is 6.92 Å². The van der Waals surface area contributed by atoms with E-state index >= 15 is 0 Å². The summed E-state index contributed by atoms with van der Waals surface area (Å²) < 4.78 is 17.1. The summed E-state index contributed by atoms with van der Waals surface area (Å²) in [5.41, 5.74) is 1.54. The van der Waals surface area contributed by atoms with Gasteiger partial charge in [-0.25, -0.2) is 0 Å². The number of aromatic nitrogens is 1. The fourth-order valence-corrected chi connectivity index (χ4v) is 3.47. The van der Waals surface area contributed by atoms with Crippen LogP contribution in [0.1, 0.15) is 29.0 Å². The summed E-state index contributed by atoms with van der Waals surface area (Å²) in [6.07, 6.45) is 5.13. The van der Waals surface area contributed by atoms with Crippen molar-refractivity contribution in [2.75, 3.05) is 20.2 Å². The van der Waals surface area contributed by atoms with Gasteiger partial charge in [0.05, 0.1) is 7.11 Å². The van der Waals surface area contributed by atoms with Gasteiger partial charge in [0.2, 0.25) is 0 Å². The maximum absolute atomic E-state index is 13.0. The number of ether oxygens (including phenoxy) is 2. The van der Waals surface area contributed by atoms with Gasteiger partial charge in [-0.05, 0) is 31.2 Å². The van der Waals surface area contributed by atoms with E-state index in [1.807, 2.05) is 42.2 Å². The van der Waals surface area contributed by atoms with Gasteiger partial charge in [0.25, 0.3) is 5.91 Å². The van der Waals surface area contributed by atoms with Crippen molar-refractivity contribution in [3.63, 3.8) is 0 Å². The Morgan fingerprint density at radius 3 is 2.59 bits per heavy atom. The largest absolute Gasteiger partial charge is 0.497 e. The first-order valence-electron chi connectivity index (χ1n) is 9.09. The first-order chi connectivity index (χ1) is 13.2. The maximum atomic E-state index is 13.0. The first kappa shape index (κ1) is 17.4. The van der Waals surface area contributed by atoms with Crippen molar-refractivity contribution < 1.29 is 18.7 Å². The lowest BCUT2D eigenvalue weighted by Crippen LogP contribution is -2.41. The highest BCUT2D eigenvalue weighted by Gasteiger charge is 2.28. The molecule has 27 heavy (non-hydrogen) atoms. The Bertz CT molecular complexity index is 943. The molecule has 3 heterocycles. The molecule has 3 aromatic rings. The monoisotopic (exact) mass is 366 g/mol. The SMILES string of the molecule is COc1ccc2c(C)c(C(=O)N3CCC(Oc4ccncc4)CC3)oc2c1. The lowest BCUT2D eigenvalue weighted by atomic mass is 10.1. The topological polar surface area (TPSA) is 64.8 Å². The number of fused-ring (bicyclic) bond motifs is 1. The van der Waals surface area contributed by atoms with E-state index < -0.39 is 0 Å². The summed E-state index contributed by atoms with van der Waals surface area (Å²) in [7, 11) is 1.61. The third-order valence-electron chi connectivity index (χ3n) is 5.02. The van der Waals surface area contributed by atoms with Gasteiger partial charge >= 0.3 is 0 Å². The van der Waals surface area contributed by atoms with E-state index in [2.05, 4.69) is 4.98 Å². The van der Waals surface area contributed by atoms with E-state index in [-0.39, 0.29) is 12.0 Å². The molecule has 1 aromatic carbocycles. The molecule has 0 aliphatic carbocycles. The molecule has 0 spiro atoms. The van der Waals surface area contributed by atoms with Crippen molar-refractivity contribution in [3.8, 4) is 11.5 Å². The van der Waals surface area contributed by atoms with Gasteiger partial charge in [0, 0.05) is 55.3 Å². The van der Waals surface area contributed by atoms with Crippen molar-refractivity contribution in [1.82, 2.24) is 9.88 Å². The number of amides is 1. The molecule has 1 amide bonds. The molecule has 6 heteroatoms. The average molecular weight is 366 g/mol. The molecule has 4 rings (SSSR count). The van der Waals surface area contributed by atoms with Crippen molar-refractivity contribution in [3.05, 3.63) is 54.0 Å². The van der Waals surface area contributed by atoms with E-state index in [0.29, 0.717) is 30.2 Å². The van der Waals surface area contributed by atoms with Gasteiger partial charge in [-0.15, -0.1) is 0 Å². The molecule has 0 unspecified atom stereocenters. The maximum Gasteiger partial charge on any atom is 0.289 e. The fourth-order valence-electron chi connectivity index (χ4n) is 3.47. The predicted molar refractivity (Wildman–Crippen MR) is 101 cm³/mol. The number of carbonyl (C=O) groups excluding carboxylic acids is 1. The number of likely N-dealkylation sites (tertiary alicyclic amines) is 1. The summed E-state index contributed by atoms with van der Waals surface area (Å²) in [6, 6.07) is 9.32. The average Bonchev–Trinajstić information content (AvgIpc) is 3.04. The molecule has 1 aliphatic heterocycles. The number of methoxy groups -OCH3 is 1. The van der Waals surface area contributed by atoms with Crippen LogP contribution >= 0.6 is 0 Å². The zero-order valence-corrected chi connectivity index (χ0v) is 15.5. The van der Waals surface area contributed by atoms with Gasteiger partial charge in [-0.3, -0.25) is 9.78 Å². The van der Waals surface area contributed by atoms with Crippen LogP contribution in [0.3, 0.4) is 0 Å². The quantitative estimate of drug-likeness (QED) is 0.702. The van der Waals surface area contributed by atoms with Gasteiger partial charge in [0.1, 0.15) is 23.2 Å². The number of carbonyl (C=O) groups is 1. The number of benzene rings is 1. The highest BCUT2D eigenvalue weighted by Crippen LogP contribution is 2.30. The zero-order valence-electron chi connectivity index (χ0n) is 15.5. The predicted octanol–water partition coefficient (Wildman–Crippen LogP) is 3.83. The van der Waals surface area contributed by atoms with Crippen LogP contribution in [0.2, 0.25) is 0 Å². The minimum absolute atomic E-state index is 0.0648. The molecule has 1 fully saturated rings. The number of hydrogen-bond acceptors (Lipinski definition) is 5. The molecule has 6 nitrogen and oxygen atoms in total. The van der Waals surface area contributed by atoms with Crippen LogP contribution in [0.5, 0.6) is 11.5 Å². The summed E-state index contributed by atoms with van der Waals surface area (Å²) in [5.74, 6) is 1.87. The summed E-state index contributed by atoms with van der Waals surface area (Å²) in [4.78, 5) is 18.8. The zero-order chi connectivity index (χ0) is 18.8. The number of pyridine rings is 1. The van der Waals surface area contributed by atoms with Crippen molar-refractivity contribution in [2.45, 2.75) is 25.9 Å². The van der Waals surface area contributed by atoms with Crippen LogP contribution in [0.25, 0.3) is 11.0 Å². The molecule has 0 radical (unpaired) electrons. The summed E-state index contributed by atoms with van der Waals surface area (Å²) in [6.45, 7) is 3.22. The van der Waals surface area contributed by atoms with Crippen molar-refractivity contribution >= 4 is 16.9 Å². The normalized spacial score (nSPS) is 15.1. The first-order valence-corrected chi connectivity index (χ1v) is 9.09. The highest BCUT2D eigenvalue weighted by atomic mass is 16.5.